The van der Waals surface area contributed by atoms with Gasteiger partial charge in [-0.1, -0.05) is 0 Å². The summed E-state index contributed by atoms with van der Waals surface area (Å²) >= 11 is 0. The molecule has 1 aromatic rings. The van der Waals surface area contributed by atoms with Gasteiger partial charge in [0.2, 0.25) is 0 Å². The first kappa shape index (κ1) is 12.6. The van der Waals surface area contributed by atoms with Gasteiger partial charge in [-0.2, -0.15) is 0 Å². The molecule has 2 rings (SSSR count). The van der Waals surface area contributed by atoms with Crippen LogP contribution in [0.3, 0.4) is 0 Å². The molecule has 1 aromatic carbocycles. The number of nitrogens with one attached hydrogen (secondary N) is 2. The number of non-ortho nitro benzene ring substituents is 1. The zero-order chi connectivity index (χ0) is 14.0. The Morgan fingerprint density at radius 2 is 2.11 bits per heavy atom. The number of amides is 1. The van der Waals surface area contributed by atoms with E-state index in [-0.39, 0.29) is 11.4 Å². The summed E-state index contributed by atoms with van der Waals surface area (Å²) in [5.41, 5.74) is 0.571. The second-order valence-corrected chi connectivity index (χ2v) is 3.65. The van der Waals surface area contributed by atoms with Crippen LogP contribution in [-0.4, -0.2) is 23.9 Å². The van der Waals surface area contributed by atoms with Gasteiger partial charge in [0.15, 0.2) is 0 Å². The maximum Gasteiger partial charge on any atom is 0.332 e. The lowest BCUT2D eigenvalue weighted by Crippen LogP contribution is -2.26. The molecule has 1 heterocycles. The fraction of sp³-hybridized carbons (Fsp3) is 0.0909. The Balaban J connectivity index is 2.37. The van der Waals surface area contributed by atoms with Crippen LogP contribution in [0.1, 0.15) is 0 Å². The smallest absolute Gasteiger partial charge is 0.332 e. The molecule has 0 spiro atoms. The van der Waals surface area contributed by atoms with Crippen LogP contribution >= 0.6 is 0 Å². The number of esters is 1. The van der Waals surface area contributed by atoms with Crippen LogP contribution in [-0.2, 0) is 14.3 Å². The molecule has 0 bridgehead atoms. The zero-order valence-corrected chi connectivity index (χ0v) is 9.80. The molecule has 8 heteroatoms. The van der Waals surface area contributed by atoms with Gasteiger partial charge in [-0.05, 0) is 6.07 Å². The molecule has 1 aliphatic heterocycles. The molecule has 19 heavy (non-hydrogen) atoms. The van der Waals surface area contributed by atoms with Gasteiger partial charge in [-0.15, -0.1) is 0 Å². The van der Waals surface area contributed by atoms with Crippen LogP contribution in [0.2, 0.25) is 0 Å². The standard InChI is InChI=1S/C11H9N3O5/c1-19-10(15)5-9-11(16)13-7-3-2-6(14(17)18)4-8(7)12-9/h2-5,12H,1H3,(H,13,16)/b9-5+. The summed E-state index contributed by atoms with van der Waals surface area (Å²) < 4.78 is 4.41. The van der Waals surface area contributed by atoms with Crippen molar-refractivity contribution >= 4 is 28.9 Å². The highest BCUT2D eigenvalue weighted by Crippen LogP contribution is 2.31. The first-order valence-corrected chi connectivity index (χ1v) is 5.17. The summed E-state index contributed by atoms with van der Waals surface area (Å²) in [6.45, 7) is 0. The lowest BCUT2D eigenvalue weighted by Gasteiger charge is -2.20. The van der Waals surface area contributed by atoms with E-state index in [1.54, 1.807) is 0 Å². The lowest BCUT2D eigenvalue weighted by molar-refractivity contribution is -0.384. The molecule has 0 saturated heterocycles. The minimum absolute atomic E-state index is 0.0418. The van der Waals surface area contributed by atoms with Crippen LogP contribution in [0.25, 0.3) is 0 Å². The number of nitrogens with zero attached hydrogens (tertiary/aromatic N) is 1. The van der Waals surface area contributed by atoms with Gasteiger partial charge >= 0.3 is 5.97 Å². The van der Waals surface area contributed by atoms with E-state index in [1.165, 1.54) is 25.3 Å². The topological polar surface area (TPSA) is 111 Å². The van der Waals surface area contributed by atoms with Crippen LogP contribution < -0.4 is 10.6 Å². The van der Waals surface area contributed by atoms with E-state index in [2.05, 4.69) is 15.4 Å². The third-order valence-corrected chi connectivity index (χ3v) is 2.44. The van der Waals surface area contributed by atoms with Gasteiger partial charge < -0.3 is 15.4 Å². The number of rotatable bonds is 2. The Morgan fingerprint density at radius 3 is 2.74 bits per heavy atom. The second-order valence-electron chi connectivity index (χ2n) is 3.65. The minimum Gasteiger partial charge on any atom is -0.466 e. The first-order valence-electron chi connectivity index (χ1n) is 5.17. The number of benzene rings is 1. The summed E-state index contributed by atoms with van der Waals surface area (Å²) in [6.07, 6.45) is 0.969. The van der Waals surface area contributed by atoms with Crippen molar-refractivity contribution in [2.24, 2.45) is 0 Å². The maximum atomic E-state index is 11.6. The number of carbonyl (C=O) groups is 2. The van der Waals surface area contributed by atoms with Crippen LogP contribution in [0.5, 0.6) is 0 Å². The average Bonchev–Trinajstić information content (AvgIpc) is 2.38. The van der Waals surface area contributed by atoms with Crippen LogP contribution in [0.4, 0.5) is 17.1 Å². The molecule has 0 fully saturated rings. The SMILES string of the molecule is COC(=O)/C=C1/Nc2cc([N+](=O)[O-])ccc2NC1=O. The van der Waals surface area contributed by atoms with Gasteiger partial charge in [0.1, 0.15) is 5.70 Å². The van der Waals surface area contributed by atoms with Crippen LogP contribution in [0, 0.1) is 10.1 Å². The van der Waals surface area contributed by atoms with Crippen molar-refractivity contribution in [2.45, 2.75) is 0 Å². The van der Waals surface area contributed by atoms with Crippen LogP contribution in [0.15, 0.2) is 30.0 Å². The highest BCUT2D eigenvalue weighted by atomic mass is 16.6. The van der Waals surface area contributed by atoms with Gasteiger partial charge in [-0.25, -0.2) is 4.79 Å². The number of anilines is 2. The largest absolute Gasteiger partial charge is 0.466 e. The third-order valence-electron chi connectivity index (χ3n) is 2.44. The fourth-order valence-electron chi connectivity index (χ4n) is 1.53. The predicted molar refractivity (Wildman–Crippen MR) is 65.4 cm³/mol. The molecule has 0 radical (unpaired) electrons. The first-order chi connectivity index (χ1) is 9.01. The molecule has 1 aliphatic rings. The quantitative estimate of drug-likeness (QED) is 0.356. The average molecular weight is 263 g/mol. The molecule has 8 nitrogen and oxygen atoms in total. The van der Waals surface area contributed by atoms with Gasteiger partial charge in [0.05, 0.1) is 29.5 Å². The summed E-state index contributed by atoms with van der Waals surface area (Å²) in [4.78, 5) is 32.8. The molecule has 2 N–H and O–H groups in total. The van der Waals surface area contributed by atoms with Crippen molar-refractivity contribution in [1.29, 1.82) is 0 Å². The monoisotopic (exact) mass is 263 g/mol. The number of methoxy groups -OCH3 is 1. The molecule has 1 amide bonds. The Kier molecular flexibility index (Phi) is 3.15. The van der Waals surface area contributed by atoms with E-state index >= 15 is 0 Å². The van der Waals surface area contributed by atoms with Crippen molar-refractivity contribution in [3.8, 4) is 0 Å². The highest BCUT2D eigenvalue weighted by Gasteiger charge is 2.22. The van der Waals surface area contributed by atoms with Gasteiger partial charge in [-0.3, -0.25) is 14.9 Å². The Hall–Kier alpha value is -2.90. The number of hydrogen-bond acceptors (Lipinski definition) is 6. The normalized spacial score (nSPS) is 15.2. The molecule has 0 saturated carbocycles. The Morgan fingerprint density at radius 1 is 1.37 bits per heavy atom. The summed E-state index contributed by atoms with van der Waals surface area (Å²) in [6, 6.07) is 3.95. The Bertz CT molecular complexity index is 608. The molecular weight excluding hydrogens is 254 g/mol. The molecule has 98 valence electrons. The molecule has 0 atom stereocenters. The van der Waals surface area contributed by atoms with E-state index in [0.29, 0.717) is 11.4 Å². The number of fused-ring (bicyclic) bond motifs is 1. The summed E-state index contributed by atoms with van der Waals surface area (Å²) in [7, 11) is 1.18. The number of nitro groups is 1. The lowest BCUT2D eigenvalue weighted by atomic mass is 10.1. The highest BCUT2D eigenvalue weighted by molar-refractivity contribution is 6.13. The van der Waals surface area contributed by atoms with E-state index in [0.717, 1.165) is 6.08 Å². The van der Waals surface area contributed by atoms with E-state index < -0.39 is 16.8 Å². The van der Waals surface area contributed by atoms with Crippen molar-refractivity contribution in [3.63, 3.8) is 0 Å². The number of carbonyl (C=O) groups excluding carboxylic acids is 2. The predicted octanol–water partition coefficient (Wildman–Crippen LogP) is 1.02. The zero-order valence-electron chi connectivity index (χ0n) is 9.80. The third kappa shape index (κ3) is 2.51. The Labute approximate surface area is 107 Å². The minimum atomic E-state index is -0.702. The van der Waals surface area contributed by atoms with Crippen molar-refractivity contribution in [3.05, 3.63) is 40.1 Å². The van der Waals surface area contributed by atoms with Gasteiger partial charge in [0.25, 0.3) is 11.6 Å². The molecule has 0 unspecified atom stereocenters. The second kappa shape index (κ2) is 4.77. The number of ether oxygens (including phenoxy) is 1. The molecule has 0 aromatic heterocycles. The number of hydrogen-bond donors (Lipinski definition) is 2. The van der Waals surface area contributed by atoms with Crippen molar-refractivity contribution < 1.29 is 19.2 Å². The molecule has 0 aliphatic carbocycles. The summed E-state index contributed by atoms with van der Waals surface area (Å²) in [5.74, 6) is -1.22. The number of nitro benzene ring substituents is 1. The van der Waals surface area contributed by atoms with Crippen molar-refractivity contribution in [2.75, 3.05) is 17.7 Å². The fourth-order valence-corrected chi connectivity index (χ4v) is 1.53. The summed E-state index contributed by atoms with van der Waals surface area (Å²) in [5, 5.41) is 15.8. The van der Waals surface area contributed by atoms with E-state index in [9.17, 15) is 19.7 Å². The van der Waals surface area contributed by atoms with Gasteiger partial charge in [0, 0.05) is 12.1 Å². The van der Waals surface area contributed by atoms with E-state index in [4.69, 9.17) is 0 Å². The van der Waals surface area contributed by atoms with Crippen molar-refractivity contribution in [1.82, 2.24) is 0 Å². The maximum absolute atomic E-state index is 11.6. The molecular formula is C11H9N3O5. The van der Waals surface area contributed by atoms with E-state index in [1.807, 2.05) is 0 Å².